The first-order chi connectivity index (χ1) is 9.08. The molecule has 1 aromatic rings. The third kappa shape index (κ3) is 4.78. The largest absolute Gasteiger partial charge is 0.465 e. The Kier molecular flexibility index (Phi) is 6.14. The van der Waals surface area contributed by atoms with E-state index < -0.39 is 5.97 Å². The standard InChI is InChI=1S/C12H16N2O4S/c1-3-17-11(15)7-19-10-5-8(9(13)6-14-10)12(16)18-4-2/h5-6H,3-4,7,13H2,1-2H3. The van der Waals surface area contributed by atoms with Crippen LogP contribution in [0.5, 0.6) is 0 Å². The second-order valence-electron chi connectivity index (χ2n) is 3.42. The molecule has 0 fully saturated rings. The third-order valence-corrected chi connectivity index (χ3v) is 2.95. The van der Waals surface area contributed by atoms with Crippen LogP contribution in [0.1, 0.15) is 24.2 Å². The van der Waals surface area contributed by atoms with Crippen molar-refractivity contribution in [3.05, 3.63) is 17.8 Å². The van der Waals surface area contributed by atoms with Gasteiger partial charge >= 0.3 is 11.9 Å². The summed E-state index contributed by atoms with van der Waals surface area (Å²) in [6, 6.07) is 1.51. The average molecular weight is 284 g/mol. The zero-order valence-electron chi connectivity index (χ0n) is 10.8. The number of carbonyl (C=O) groups is 2. The van der Waals surface area contributed by atoms with Gasteiger partial charge in [0.05, 0.1) is 41.4 Å². The van der Waals surface area contributed by atoms with Crippen molar-refractivity contribution in [1.29, 1.82) is 0 Å². The van der Waals surface area contributed by atoms with E-state index in [2.05, 4.69) is 4.98 Å². The number of pyridine rings is 1. The molecule has 1 aromatic heterocycles. The first kappa shape index (κ1) is 15.3. The van der Waals surface area contributed by atoms with Crippen molar-refractivity contribution >= 4 is 29.4 Å². The van der Waals surface area contributed by atoms with Gasteiger partial charge in [-0.2, -0.15) is 0 Å². The van der Waals surface area contributed by atoms with Crippen molar-refractivity contribution in [2.24, 2.45) is 0 Å². The van der Waals surface area contributed by atoms with Gasteiger partial charge < -0.3 is 15.2 Å². The van der Waals surface area contributed by atoms with Gasteiger partial charge in [-0.25, -0.2) is 9.78 Å². The molecule has 0 amide bonds. The van der Waals surface area contributed by atoms with E-state index in [1.54, 1.807) is 13.8 Å². The van der Waals surface area contributed by atoms with Gasteiger partial charge in [-0.1, -0.05) is 11.8 Å². The summed E-state index contributed by atoms with van der Waals surface area (Å²) in [5.74, 6) is -0.697. The Labute approximate surface area is 115 Å². The van der Waals surface area contributed by atoms with Gasteiger partial charge in [0.25, 0.3) is 0 Å². The molecule has 0 aliphatic carbocycles. The monoisotopic (exact) mass is 284 g/mol. The molecular formula is C12H16N2O4S. The molecule has 0 aliphatic heterocycles. The van der Waals surface area contributed by atoms with Crippen LogP contribution in [0.3, 0.4) is 0 Å². The molecule has 0 saturated heterocycles. The highest BCUT2D eigenvalue weighted by atomic mass is 32.2. The minimum absolute atomic E-state index is 0.132. The van der Waals surface area contributed by atoms with Crippen LogP contribution >= 0.6 is 11.8 Å². The number of ether oxygens (including phenoxy) is 2. The molecule has 7 heteroatoms. The molecule has 104 valence electrons. The van der Waals surface area contributed by atoms with E-state index in [0.717, 1.165) is 0 Å². The highest BCUT2D eigenvalue weighted by molar-refractivity contribution is 7.99. The molecule has 19 heavy (non-hydrogen) atoms. The van der Waals surface area contributed by atoms with Crippen LogP contribution in [-0.4, -0.2) is 35.9 Å². The van der Waals surface area contributed by atoms with Crippen LogP contribution in [0.2, 0.25) is 0 Å². The molecule has 0 unspecified atom stereocenters. The number of nitrogens with two attached hydrogens (primary N) is 1. The molecule has 0 aromatic carbocycles. The fraction of sp³-hybridized carbons (Fsp3) is 0.417. The number of carbonyl (C=O) groups excluding carboxylic acids is 2. The summed E-state index contributed by atoms with van der Waals surface area (Å²) in [6.45, 7) is 4.06. The number of nitrogens with zero attached hydrogens (tertiary/aromatic N) is 1. The minimum atomic E-state index is -0.500. The van der Waals surface area contributed by atoms with Gasteiger partial charge in [0, 0.05) is 0 Å². The molecule has 0 aliphatic rings. The van der Waals surface area contributed by atoms with Gasteiger partial charge in [-0.15, -0.1) is 0 Å². The quantitative estimate of drug-likeness (QED) is 0.625. The van der Waals surface area contributed by atoms with E-state index in [1.165, 1.54) is 24.0 Å². The lowest BCUT2D eigenvalue weighted by Gasteiger charge is -2.07. The number of thioether (sulfide) groups is 1. The number of anilines is 1. The Morgan fingerprint density at radius 1 is 1.32 bits per heavy atom. The van der Waals surface area contributed by atoms with E-state index in [1.807, 2.05) is 0 Å². The normalized spacial score (nSPS) is 10.0. The third-order valence-electron chi connectivity index (χ3n) is 2.05. The Morgan fingerprint density at radius 2 is 2.00 bits per heavy atom. The number of hydrogen-bond acceptors (Lipinski definition) is 7. The summed E-state index contributed by atoms with van der Waals surface area (Å²) < 4.78 is 9.68. The lowest BCUT2D eigenvalue weighted by atomic mass is 10.2. The van der Waals surface area contributed by atoms with E-state index in [9.17, 15) is 9.59 Å². The summed E-state index contributed by atoms with van der Waals surface area (Å²) in [4.78, 5) is 26.9. The Bertz CT molecular complexity index is 465. The van der Waals surface area contributed by atoms with E-state index >= 15 is 0 Å². The molecule has 0 radical (unpaired) electrons. The van der Waals surface area contributed by atoms with Gasteiger partial charge in [-0.3, -0.25) is 4.79 Å². The first-order valence-electron chi connectivity index (χ1n) is 5.79. The summed E-state index contributed by atoms with van der Waals surface area (Å²) in [5.41, 5.74) is 6.16. The molecule has 0 spiro atoms. The van der Waals surface area contributed by atoms with Gasteiger partial charge in [0.1, 0.15) is 0 Å². The molecule has 0 atom stereocenters. The maximum Gasteiger partial charge on any atom is 0.340 e. The second-order valence-corrected chi connectivity index (χ2v) is 4.42. The lowest BCUT2D eigenvalue weighted by Crippen LogP contribution is -2.10. The minimum Gasteiger partial charge on any atom is -0.465 e. The predicted molar refractivity (Wildman–Crippen MR) is 72.0 cm³/mol. The summed E-state index contributed by atoms with van der Waals surface area (Å²) >= 11 is 1.18. The van der Waals surface area contributed by atoms with E-state index in [0.29, 0.717) is 11.6 Å². The number of nitrogen functional groups attached to an aromatic ring is 1. The maximum atomic E-state index is 11.6. The van der Waals surface area contributed by atoms with E-state index in [-0.39, 0.29) is 29.6 Å². The zero-order valence-corrected chi connectivity index (χ0v) is 11.7. The molecule has 0 saturated carbocycles. The summed E-state index contributed by atoms with van der Waals surface area (Å²) in [6.07, 6.45) is 1.37. The van der Waals surface area contributed by atoms with Crippen LogP contribution < -0.4 is 5.73 Å². The van der Waals surface area contributed by atoms with Crippen molar-refractivity contribution in [2.45, 2.75) is 18.9 Å². The highest BCUT2D eigenvalue weighted by Crippen LogP contribution is 2.21. The number of aromatic nitrogens is 1. The highest BCUT2D eigenvalue weighted by Gasteiger charge is 2.13. The molecule has 1 rings (SSSR count). The molecule has 1 heterocycles. The first-order valence-corrected chi connectivity index (χ1v) is 6.78. The zero-order chi connectivity index (χ0) is 14.3. The Balaban J connectivity index is 2.73. The van der Waals surface area contributed by atoms with Crippen LogP contribution in [0, 0.1) is 0 Å². The predicted octanol–water partition coefficient (Wildman–Crippen LogP) is 1.50. The molecular weight excluding hydrogens is 268 g/mol. The number of esters is 2. The van der Waals surface area contributed by atoms with Crippen molar-refractivity contribution in [3.8, 4) is 0 Å². The second kappa shape index (κ2) is 7.63. The number of rotatable bonds is 6. The van der Waals surface area contributed by atoms with Crippen molar-refractivity contribution < 1.29 is 19.1 Å². The summed E-state index contributed by atoms with van der Waals surface area (Å²) in [5, 5.41) is 0.519. The lowest BCUT2D eigenvalue weighted by molar-refractivity contribution is -0.139. The summed E-state index contributed by atoms with van der Waals surface area (Å²) in [7, 11) is 0. The van der Waals surface area contributed by atoms with Gasteiger partial charge in [0.2, 0.25) is 0 Å². The molecule has 2 N–H and O–H groups in total. The van der Waals surface area contributed by atoms with Crippen LogP contribution in [0.4, 0.5) is 5.69 Å². The fourth-order valence-corrected chi connectivity index (χ4v) is 1.92. The maximum absolute atomic E-state index is 11.6. The van der Waals surface area contributed by atoms with Gasteiger partial charge in [0.15, 0.2) is 0 Å². The van der Waals surface area contributed by atoms with Crippen LogP contribution in [0.15, 0.2) is 17.3 Å². The SMILES string of the molecule is CCOC(=O)CSc1cc(C(=O)OCC)c(N)cn1. The van der Waals surface area contributed by atoms with Crippen LogP contribution in [0.25, 0.3) is 0 Å². The Morgan fingerprint density at radius 3 is 2.63 bits per heavy atom. The van der Waals surface area contributed by atoms with Crippen molar-refractivity contribution in [1.82, 2.24) is 4.98 Å². The van der Waals surface area contributed by atoms with Crippen molar-refractivity contribution in [2.75, 3.05) is 24.7 Å². The molecule has 0 bridgehead atoms. The van der Waals surface area contributed by atoms with E-state index in [4.69, 9.17) is 15.2 Å². The smallest absolute Gasteiger partial charge is 0.340 e. The Hall–Kier alpha value is -1.76. The van der Waals surface area contributed by atoms with Crippen molar-refractivity contribution in [3.63, 3.8) is 0 Å². The number of hydrogen-bond donors (Lipinski definition) is 1. The topological polar surface area (TPSA) is 91.5 Å². The molecule has 6 nitrogen and oxygen atoms in total. The average Bonchev–Trinajstić information content (AvgIpc) is 2.38. The van der Waals surface area contributed by atoms with Crippen LogP contribution in [-0.2, 0) is 14.3 Å². The fourth-order valence-electron chi connectivity index (χ4n) is 1.25. The van der Waals surface area contributed by atoms with Gasteiger partial charge in [-0.05, 0) is 19.9 Å².